The Morgan fingerprint density at radius 2 is 2.00 bits per heavy atom. The third-order valence-electron chi connectivity index (χ3n) is 4.27. The summed E-state index contributed by atoms with van der Waals surface area (Å²) in [6.45, 7) is 6.90. The van der Waals surface area contributed by atoms with Crippen LogP contribution >= 0.6 is 11.6 Å². The molecule has 2 heterocycles. The lowest BCUT2D eigenvalue weighted by Gasteiger charge is -2.41. The van der Waals surface area contributed by atoms with Gasteiger partial charge in [-0.25, -0.2) is 0 Å². The Morgan fingerprint density at radius 1 is 1.16 bits per heavy atom. The molecule has 1 aromatic carbocycles. The molecule has 2 aliphatic rings. The molecular formula is C15H22ClN3. The summed E-state index contributed by atoms with van der Waals surface area (Å²) in [5, 5.41) is 4.34. The highest BCUT2D eigenvalue weighted by atomic mass is 35.5. The normalized spacial score (nSPS) is 25.5. The fourth-order valence-corrected chi connectivity index (χ4v) is 3.35. The fraction of sp³-hybridized carbons (Fsp3) is 0.600. The Labute approximate surface area is 120 Å². The first-order chi connectivity index (χ1) is 9.33. The van der Waals surface area contributed by atoms with E-state index in [-0.39, 0.29) is 0 Å². The lowest BCUT2D eigenvalue weighted by Crippen LogP contribution is -2.54. The summed E-state index contributed by atoms with van der Waals surface area (Å²) in [6.07, 6.45) is 2.67. The SMILES string of the molecule is Clc1cccc(N2CCN([C@@H]3CCCNC3)CC2)c1. The molecule has 104 valence electrons. The molecule has 0 spiro atoms. The summed E-state index contributed by atoms with van der Waals surface area (Å²) in [6, 6.07) is 8.95. The van der Waals surface area contributed by atoms with Gasteiger partial charge in [-0.15, -0.1) is 0 Å². The molecule has 2 fully saturated rings. The largest absolute Gasteiger partial charge is 0.369 e. The van der Waals surface area contributed by atoms with E-state index in [0.29, 0.717) is 0 Å². The lowest BCUT2D eigenvalue weighted by atomic mass is 10.0. The van der Waals surface area contributed by atoms with Crippen LogP contribution in [0.3, 0.4) is 0 Å². The number of piperazine rings is 1. The van der Waals surface area contributed by atoms with Crippen LogP contribution in [0.15, 0.2) is 24.3 Å². The Morgan fingerprint density at radius 3 is 2.68 bits per heavy atom. The van der Waals surface area contributed by atoms with Crippen LogP contribution in [0.4, 0.5) is 5.69 Å². The maximum absolute atomic E-state index is 6.07. The van der Waals surface area contributed by atoms with Crippen molar-refractivity contribution in [1.29, 1.82) is 0 Å². The molecule has 0 bridgehead atoms. The van der Waals surface area contributed by atoms with E-state index in [4.69, 9.17) is 11.6 Å². The second-order valence-corrected chi connectivity index (χ2v) is 5.94. The third kappa shape index (κ3) is 3.22. The molecule has 2 aliphatic heterocycles. The number of rotatable bonds is 2. The molecule has 3 rings (SSSR count). The minimum absolute atomic E-state index is 0.746. The maximum atomic E-state index is 6.07. The number of halogens is 1. The van der Waals surface area contributed by atoms with Crippen molar-refractivity contribution >= 4 is 17.3 Å². The number of hydrogen-bond acceptors (Lipinski definition) is 3. The third-order valence-corrected chi connectivity index (χ3v) is 4.51. The van der Waals surface area contributed by atoms with E-state index in [1.807, 2.05) is 12.1 Å². The van der Waals surface area contributed by atoms with Gasteiger partial charge in [0.05, 0.1) is 0 Å². The van der Waals surface area contributed by atoms with Gasteiger partial charge >= 0.3 is 0 Å². The van der Waals surface area contributed by atoms with Gasteiger partial charge in [-0.2, -0.15) is 0 Å². The summed E-state index contributed by atoms with van der Waals surface area (Å²) in [4.78, 5) is 5.09. The van der Waals surface area contributed by atoms with E-state index in [0.717, 1.165) is 30.7 Å². The van der Waals surface area contributed by atoms with Crippen LogP contribution in [0.2, 0.25) is 5.02 Å². The summed E-state index contributed by atoms with van der Waals surface area (Å²) >= 11 is 6.07. The van der Waals surface area contributed by atoms with Gasteiger partial charge in [0.15, 0.2) is 0 Å². The van der Waals surface area contributed by atoms with Crippen LogP contribution in [0.1, 0.15) is 12.8 Å². The van der Waals surface area contributed by atoms with Gasteiger partial charge in [-0.3, -0.25) is 4.90 Å². The molecule has 0 amide bonds. The molecule has 1 aromatic rings. The molecule has 3 nitrogen and oxygen atoms in total. The highest BCUT2D eigenvalue weighted by Gasteiger charge is 2.25. The van der Waals surface area contributed by atoms with E-state index in [2.05, 4.69) is 27.2 Å². The number of anilines is 1. The smallest absolute Gasteiger partial charge is 0.0426 e. The summed E-state index contributed by atoms with van der Waals surface area (Å²) < 4.78 is 0. The Kier molecular flexibility index (Phi) is 4.26. The number of nitrogens with one attached hydrogen (secondary N) is 1. The van der Waals surface area contributed by atoms with Crippen molar-refractivity contribution in [3.63, 3.8) is 0 Å². The molecule has 1 N–H and O–H groups in total. The van der Waals surface area contributed by atoms with Crippen molar-refractivity contribution in [3.05, 3.63) is 29.3 Å². The van der Waals surface area contributed by atoms with E-state index >= 15 is 0 Å². The quantitative estimate of drug-likeness (QED) is 0.896. The molecule has 4 heteroatoms. The zero-order valence-electron chi connectivity index (χ0n) is 11.3. The van der Waals surface area contributed by atoms with E-state index in [9.17, 15) is 0 Å². The molecule has 0 aromatic heterocycles. The minimum Gasteiger partial charge on any atom is -0.369 e. The highest BCUT2D eigenvalue weighted by molar-refractivity contribution is 6.30. The van der Waals surface area contributed by atoms with E-state index in [1.54, 1.807) is 0 Å². The van der Waals surface area contributed by atoms with Gasteiger partial charge in [0.2, 0.25) is 0 Å². The van der Waals surface area contributed by atoms with Crippen LogP contribution < -0.4 is 10.2 Å². The number of piperidine rings is 1. The van der Waals surface area contributed by atoms with Crippen molar-refractivity contribution in [2.45, 2.75) is 18.9 Å². The van der Waals surface area contributed by atoms with Crippen molar-refractivity contribution in [2.24, 2.45) is 0 Å². The van der Waals surface area contributed by atoms with Gasteiger partial charge in [0, 0.05) is 49.5 Å². The lowest BCUT2D eigenvalue weighted by molar-refractivity contribution is 0.157. The monoisotopic (exact) mass is 279 g/mol. The Bertz CT molecular complexity index is 410. The average Bonchev–Trinajstić information content (AvgIpc) is 2.48. The number of nitrogens with zero attached hydrogens (tertiary/aromatic N) is 2. The van der Waals surface area contributed by atoms with Gasteiger partial charge < -0.3 is 10.2 Å². The molecular weight excluding hydrogens is 258 g/mol. The van der Waals surface area contributed by atoms with Crippen LogP contribution in [0.5, 0.6) is 0 Å². The van der Waals surface area contributed by atoms with Gasteiger partial charge in [0.1, 0.15) is 0 Å². The van der Waals surface area contributed by atoms with Crippen LogP contribution in [0, 0.1) is 0 Å². The first kappa shape index (κ1) is 13.2. The first-order valence-corrected chi connectivity index (χ1v) is 7.66. The van der Waals surface area contributed by atoms with Gasteiger partial charge in [-0.1, -0.05) is 17.7 Å². The van der Waals surface area contributed by atoms with Gasteiger partial charge in [-0.05, 0) is 37.6 Å². The maximum Gasteiger partial charge on any atom is 0.0426 e. The number of benzene rings is 1. The average molecular weight is 280 g/mol. The van der Waals surface area contributed by atoms with Crippen LogP contribution in [-0.4, -0.2) is 50.2 Å². The zero-order chi connectivity index (χ0) is 13.1. The fourth-order valence-electron chi connectivity index (χ4n) is 3.16. The molecule has 0 aliphatic carbocycles. The second-order valence-electron chi connectivity index (χ2n) is 5.50. The Balaban J connectivity index is 1.57. The van der Waals surface area contributed by atoms with Crippen molar-refractivity contribution in [2.75, 3.05) is 44.2 Å². The standard InChI is InChI=1S/C15H22ClN3/c16-13-3-1-4-14(11-13)18-7-9-19(10-8-18)15-5-2-6-17-12-15/h1,3-4,11,15,17H,2,5-10,12H2/t15-/m1/s1. The molecule has 2 saturated heterocycles. The topological polar surface area (TPSA) is 18.5 Å². The van der Waals surface area contributed by atoms with E-state index in [1.165, 1.54) is 38.2 Å². The second kappa shape index (κ2) is 6.12. The summed E-state index contributed by atoms with van der Waals surface area (Å²) in [7, 11) is 0. The van der Waals surface area contributed by atoms with Crippen LogP contribution in [0.25, 0.3) is 0 Å². The zero-order valence-corrected chi connectivity index (χ0v) is 12.1. The summed E-state index contributed by atoms with van der Waals surface area (Å²) in [5.74, 6) is 0. The summed E-state index contributed by atoms with van der Waals surface area (Å²) in [5.41, 5.74) is 1.26. The molecule has 19 heavy (non-hydrogen) atoms. The number of hydrogen-bond donors (Lipinski definition) is 1. The first-order valence-electron chi connectivity index (χ1n) is 7.28. The van der Waals surface area contributed by atoms with Crippen molar-refractivity contribution in [1.82, 2.24) is 10.2 Å². The predicted molar refractivity (Wildman–Crippen MR) is 81.1 cm³/mol. The van der Waals surface area contributed by atoms with Crippen molar-refractivity contribution < 1.29 is 0 Å². The van der Waals surface area contributed by atoms with Crippen LogP contribution in [-0.2, 0) is 0 Å². The molecule has 0 saturated carbocycles. The van der Waals surface area contributed by atoms with Crippen molar-refractivity contribution in [3.8, 4) is 0 Å². The predicted octanol–water partition coefficient (Wildman–Crippen LogP) is 2.21. The Hall–Kier alpha value is -0.770. The van der Waals surface area contributed by atoms with E-state index < -0.39 is 0 Å². The molecule has 1 atom stereocenters. The van der Waals surface area contributed by atoms with Gasteiger partial charge in [0.25, 0.3) is 0 Å². The molecule has 0 unspecified atom stereocenters. The highest BCUT2D eigenvalue weighted by Crippen LogP contribution is 2.22. The molecule has 0 radical (unpaired) electrons. The minimum atomic E-state index is 0.746.